The van der Waals surface area contributed by atoms with E-state index in [1.165, 1.54) is 36.6 Å². The Balaban J connectivity index is 1.28. The van der Waals surface area contributed by atoms with E-state index in [0.29, 0.717) is 29.5 Å². The van der Waals surface area contributed by atoms with Gasteiger partial charge in [0.15, 0.2) is 11.7 Å². The van der Waals surface area contributed by atoms with Crippen LogP contribution in [0.15, 0.2) is 23.6 Å². The first-order valence-corrected chi connectivity index (χ1v) is 10.4. The van der Waals surface area contributed by atoms with E-state index in [1.807, 2.05) is 0 Å². The van der Waals surface area contributed by atoms with Gasteiger partial charge in [-0.1, -0.05) is 0 Å². The van der Waals surface area contributed by atoms with Gasteiger partial charge in [0.1, 0.15) is 0 Å². The summed E-state index contributed by atoms with van der Waals surface area (Å²) in [6, 6.07) is 4.38. The normalized spacial score (nSPS) is 15.5. The van der Waals surface area contributed by atoms with Gasteiger partial charge >= 0.3 is 5.97 Å². The molecule has 0 saturated carbocycles. The highest BCUT2D eigenvalue weighted by atomic mass is 32.1. The molecule has 0 unspecified atom stereocenters. The number of amides is 4. The van der Waals surface area contributed by atoms with E-state index in [2.05, 4.69) is 10.3 Å². The van der Waals surface area contributed by atoms with Crippen molar-refractivity contribution in [3.63, 3.8) is 0 Å². The van der Waals surface area contributed by atoms with Crippen molar-refractivity contribution in [2.24, 2.45) is 0 Å². The number of carbonyl (C=O) groups is 5. The van der Waals surface area contributed by atoms with E-state index in [-0.39, 0.29) is 23.5 Å². The Hall–Kier alpha value is -3.60. The van der Waals surface area contributed by atoms with Crippen LogP contribution in [0.4, 0.5) is 10.8 Å². The standard InChI is InChI=1S/C20H18N4O6S/c1-23-18(28)13-5-4-11(7-14(13)19(23)29)21-15(25)9-30-17(27)8-12-10-31-20(22-12)24-6-2-3-16(24)26/h4-5,7,10H,2-3,6,8-9H2,1H3,(H,21,25). The molecular weight excluding hydrogens is 424 g/mol. The maximum absolute atomic E-state index is 12.1. The molecule has 1 N–H and O–H groups in total. The summed E-state index contributed by atoms with van der Waals surface area (Å²) in [5.41, 5.74) is 1.26. The van der Waals surface area contributed by atoms with E-state index >= 15 is 0 Å². The minimum absolute atomic E-state index is 0.0180. The number of aromatic nitrogens is 1. The number of carbonyl (C=O) groups excluding carboxylic acids is 5. The number of rotatable bonds is 6. The zero-order valence-electron chi connectivity index (χ0n) is 16.5. The van der Waals surface area contributed by atoms with Crippen molar-refractivity contribution < 1.29 is 28.7 Å². The summed E-state index contributed by atoms with van der Waals surface area (Å²) in [5, 5.41) is 4.77. The fourth-order valence-corrected chi connectivity index (χ4v) is 4.20. The molecule has 3 heterocycles. The molecule has 4 rings (SSSR count). The lowest BCUT2D eigenvalue weighted by Gasteiger charge is -2.10. The van der Waals surface area contributed by atoms with Crippen LogP contribution in [0.5, 0.6) is 0 Å². The van der Waals surface area contributed by atoms with Crippen LogP contribution < -0.4 is 10.2 Å². The van der Waals surface area contributed by atoms with Gasteiger partial charge < -0.3 is 10.1 Å². The number of nitrogens with zero attached hydrogens (tertiary/aromatic N) is 3. The van der Waals surface area contributed by atoms with Crippen LogP contribution in [0.1, 0.15) is 39.3 Å². The number of fused-ring (bicyclic) bond motifs is 1. The number of benzene rings is 1. The molecule has 4 amide bonds. The van der Waals surface area contributed by atoms with Crippen LogP contribution in [-0.4, -0.2) is 59.7 Å². The molecule has 160 valence electrons. The van der Waals surface area contributed by atoms with E-state index < -0.39 is 30.3 Å². The monoisotopic (exact) mass is 442 g/mol. The van der Waals surface area contributed by atoms with Gasteiger partial charge in [-0.25, -0.2) is 4.98 Å². The maximum Gasteiger partial charge on any atom is 0.312 e. The minimum atomic E-state index is -0.629. The average molecular weight is 442 g/mol. The summed E-state index contributed by atoms with van der Waals surface area (Å²) in [4.78, 5) is 66.7. The summed E-state index contributed by atoms with van der Waals surface area (Å²) < 4.78 is 4.99. The summed E-state index contributed by atoms with van der Waals surface area (Å²) >= 11 is 1.28. The lowest BCUT2D eigenvalue weighted by atomic mass is 10.1. The summed E-state index contributed by atoms with van der Waals surface area (Å²) in [6.07, 6.45) is 1.17. The number of hydrogen-bond donors (Lipinski definition) is 1. The highest BCUT2D eigenvalue weighted by Crippen LogP contribution is 2.26. The first-order chi connectivity index (χ1) is 14.8. The fourth-order valence-electron chi connectivity index (χ4n) is 3.33. The molecule has 1 fully saturated rings. The molecule has 2 aliphatic rings. The predicted octanol–water partition coefficient (Wildman–Crippen LogP) is 1.22. The molecule has 0 aliphatic carbocycles. The van der Waals surface area contributed by atoms with Crippen molar-refractivity contribution in [3.8, 4) is 0 Å². The molecule has 10 nitrogen and oxygen atoms in total. The molecule has 1 saturated heterocycles. The molecule has 1 aromatic carbocycles. The van der Waals surface area contributed by atoms with Crippen molar-refractivity contribution in [2.45, 2.75) is 19.3 Å². The van der Waals surface area contributed by atoms with Crippen LogP contribution in [0.25, 0.3) is 0 Å². The Labute approximate surface area is 180 Å². The lowest BCUT2D eigenvalue weighted by molar-refractivity contribution is -0.146. The van der Waals surface area contributed by atoms with Crippen LogP contribution in [0, 0.1) is 0 Å². The molecule has 0 radical (unpaired) electrons. The highest BCUT2D eigenvalue weighted by Gasteiger charge is 2.32. The van der Waals surface area contributed by atoms with E-state index in [1.54, 1.807) is 10.3 Å². The van der Waals surface area contributed by atoms with Gasteiger partial charge in [-0.15, -0.1) is 11.3 Å². The molecular formula is C20H18N4O6S. The van der Waals surface area contributed by atoms with Crippen molar-refractivity contribution in [1.82, 2.24) is 9.88 Å². The number of anilines is 2. The van der Waals surface area contributed by atoms with Gasteiger partial charge in [-0.3, -0.25) is 33.8 Å². The molecule has 2 aliphatic heterocycles. The largest absolute Gasteiger partial charge is 0.455 e. The second-order valence-electron chi connectivity index (χ2n) is 7.09. The second-order valence-corrected chi connectivity index (χ2v) is 7.92. The van der Waals surface area contributed by atoms with Crippen molar-refractivity contribution in [1.29, 1.82) is 0 Å². The van der Waals surface area contributed by atoms with Gasteiger partial charge in [0.05, 0.1) is 23.2 Å². The van der Waals surface area contributed by atoms with Crippen molar-refractivity contribution in [3.05, 3.63) is 40.4 Å². The second kappa shape index (κ2) is 8.26. The topological polar surface area (TPSA) is 126 Å². The third kappa shape index (κ3) is 4.17. The third-order valence-electron chi connectivity index (χ3n) is 4.91. The minimum Gasteiger partial charge on any atom is -0.455 e. The number of thiazole rings is 1. The predicted molar refractivity (Wildman–Crippen MR) is 110 cm³/mol. The number of nitrogens with one attached hydrogen (secondary N) is 1. The lowest BCUT2D eigenvalue weighted by Crippen LogP contribution is -2.24. The first kappa shape index (κ1) is 20.7. The molecule has 0 atom stereocenters. The Bertz CT molecular complexity index is 1110. The Morgan fingerprint density at radius 1 is 1.19 bits per heavy atom. The fraction of sp³-hybridized carbons (Fsp3) is 0.300. The van der Waals surface area contributed by atoms with Crippen molar-refractivity contribution >= 4 is 51.8 Å². The van der Waals surface area contributed by atoms with E-state index in [4.69, 9.17) is 4.74 Å². The smallest absolute Gasteiger partial charge is 0.312 e. The van der Waals surface area contributed by atoms with Crippen LogP contribution in [0.2, 0.25) is 0 Å². The SMILES string of the molecule is CN1C(=O)c2ccc(NC(=O)COC(=O)Cc3csc(N4CCCC4=O)n3)cc2C1=O. The van der Waals surface area contributed by atoms with Crippen LogP contribution in [0.3, 0.4) is 0 Å². The first-order valence-electron chi connectivity index (χ1n) is 9.50. The number of esters is 1. The average Bonchev–Trinajstić information content (AvgIpc) is 3.43. The third-order valence-corrected chi connectivity index (χ3v) is 5.82. The zero-order chi connectivity index (χ0) is 22.1. The van der Waals surface area contributed by atoms with Gasteiger partial charge in [0.25, 0.3) is 17.7 Å². The molecule has 0 bridgehead atoms. The molecule has 11 heteroatoms. The van der Waals surface area contributed by atoms with Crippen LogP contribution in [-0.2, 0) is 25.5 Å². The highest BCUT2D eigenvalue weighted by molar-refractivity contribution is 7.14. The summed E-state index contributed by atoms with van der Waals surface area (Å²) in [7, 11) is 1.39. The van der Waals surface area contributed by atoms with Crippen LogP contribution >= 0.6 is 11.3 Å². The Kier molecular flexibility index (Phi) is 5.51. The van der Waals surface area contributed by atoms with Gasteiger partial charge in [-0.05, 0) is 24.6 Å². The quantitative estimate of drug-likeness (QED) is 0.527. The zero-order valence-corrected chi connectivity index (χ0v) is 17.4. The van der Waals surface area contributed by atoms with E-state index in [9.17, 15) is 24.0 Å². The molecule has 0 spiro atoms. The molecule has 31 heavy (non-hydrogen) atoms. The molecule has 2 aromatic rings. The molecule has 1 aromatic heterocycles. The number of ether oxygens (including phenoxy) is 1. The summed E-state index contributed by atoms with van der Waals surface area (Å²) in [6.45, 7) is 0.111. The van der Waals surface area contributed by atoms with E-state index in [0.717, 1.165) is 11.3 Å². The number of hydrogen-bond acceptors (Lipinski definition) is 8. The Morgan fingerprint density at radius 3 is 2.71 bits per heavy atom. The van der Waals surface area contributed by atoms with Crippen molar-refractivity contribution in [2.75, 3.05) is 30.4 Å². The van der Waals surface area contributed by atoms with Gasteiger partial charge in [0, 0.05) is 31.1 Å². The number of imide groups is 1. The summed E-state index contributed by atoms with van der Waals surface area (Å²) in [5.74, 6) is -2.03. The maximum atomic E-state index is 12.1. The van der Waals surface area contributed by atoms with Gasteiger partial charge in [-0.2, -0.15) is 0 Å². The Morgan fingerprint density at radius 2 is 1.97 bits per heavy atom. The van der Waals surface area contributed by atoms with Gasteiger partial charge in [0.2, 0.25) is 5.91 Å².